The summed E-state index contributed by atoms with van der Waals surface area (Å²) in [6, 6.07) is 0. The molecule has 0 aromatic rings. The molecular weight excluding hydrogens is 224 g/mol. The molecule has 58 valence electrons. The summed E-state index contributed by atoms with van der Waals surface area (Å²) in [5, 5.41) is 3.16. The Morgan fingerprint density at radius 1 is 1.27 bits per heavy atom. The molecule has 4 heteroatoms. The Morgan fingerprint density at radius 2 is 2.18 bits per heavy atom. The number of amidine groups is 1. The molecule has 2 aliphatic rings. The molecule has 0 bridgehead atoms. The predicted molar refractivity (Wildman–Crippen MR) is 43.4 cm³/mol. The van der Waals surface area contributed by atoms with Crippen LogP contribution >= 0.6 is 11.8 Å². The van der Waals surface area contributed by atoms with Crippen molar-refractivity contribution in [3.63, 3.8) is 0 Å². The predicted octanol–water partition coefficient (Wildman–Crippen LogP) is -2.51. The van der Waals surface area contributed by atoms with Crippen molar-refractivity contribution >= 4 is 16.9 Å². The maximum Gasteiger partial charge on any atom is 0.275 e. The zero-order valence-electron chi connectivity index (χ0n) is 5.70. The molecule has 2 aliphatic heterocycles. The highest BCUT2D eigenvalue weighted by molar-refractivity contribution is 8.16. The number of nitrogens with one attached hydrogen (secondary N) is 1. The van der Waals surface area contributed by atoms with Crippen molar-refractivity contribution in [1.29, 1.82) is 0 Å². The zero-order chi connectivity index (χ0) is 6.81. The standard InChI is InChI=1S/C7H6N2S.BrH/c1-2-4-9-5-6-10-7(9)8-3-1;/h1-6H;1H. The summed E-state index contributed by atoms with van der Waals surface area (Å²) in [5.41, 5.74) is 0. The highest BCUT2D eigenvalue weighted by atomic mass is 79.9. The van der Waals surface area contributed by atoms with Crippen LogP contribution in [0.2, 0.25) is 0 Å². The Kier molecular flexibility index (Phi) is 3.11. The van der Waals surface area contributed by atoms with Gasteiger partial charge in [0.15, 0.2) is 0 Å². The van der Waals surface area contributed by atoms with E-state index < -0.39 is 0 Å². The summed E-state index contributed by atoms with van der Waals surface area (Å²) in [6.45, 7) is 0. The number of fused-ring (bicyclic) bond motifs is 1. The number of hydrogen-bond donors (Lipinski definition) is 1. The van der Waals surface area contributed by atoms with Crippen molar-refractivity contribution < 1.29 is 21.9 Å². The van der Waals surface area contributed by atoms with E-state index in [1.165, 1.54) is 4.90 Å². The first-order valence-electron chi connectivity index (χ1n) is 3.08. The zero-order valence-corrected chi connectivity index (χ0v) is 8.10. The Labute approximate surface area is 80.1 Å². The average Bonchev–Trinajstić information content (AvgIpc) is 2.28. The van der Waals surface area contributed by atoms with Gasteiger partial charge in [-0.1, -0.05) is 0 Å². The van der Waals surface area contributed by atoms with Crippen molar-refractivity contribution in [1.82, 2.24) is 0 Å². The summed E-state index contributed by atoms with van der Waals surface area (Å²) in [7, 11) is 0. The fourth-order valence-electron chi connectivity index (χ4n) is 0.863. The van der Waals surface area contributed by atoms with Gasteiger partial charge in [0.25, 0.3) is 5.17 Å². The molecule has 1 unspecified atom stereocenters. The molecular formula is C7H7BrN2S. The van der Waals surface area contributed by atoms with Crippen LogP contribution in [0, 0.1) is 0 Å². The maximum atomic E-state index is 4.22. The fourth-order valence-corrected chi connectivity index (χ4v) is 1.60. The molecule has 0 aliphatic carbocycles. The number of nitrogens with zero attached hydrogens (tertiary/aromatic N) is 1. The Balaban J connectivity index is 0.000000605. The minimum atomic E-state index is 0. The van der Waals surface area contributed by atoms with Crippen LogP contribution in [0.25, 0.3) is 0 Å². The van der Waals surface area contributed by atoms with Gasteiger partial charge in [-0.3, -0.25) is 0 Å². The van der Waals surface area contributed by atoms with Crippen molar-refractivity contribution in [3.05, 3.63) is 36.2 Å². The van der Waals surface area contributed by atoms with Gasteiger partial charge in [-0.15, -0.1) is 0 Å². The second-order valence-corrected chi connectivity index (χ2v) is 2.91. The van der Waals surface area contributed by atoms with Gasteiger partial charge >= 0.3 is 0 Å². The second kappa shape index (κ2) is 3.90. The molecule has 0 amide bonds. The average molecular weight is 231 g/mol. The van der Waals surface area contributed by atoms with Crippen LogP contribution in [0.1, 0.15) is 0 Å². The third-order valence-electron chi connectivity index (χ3n) is 1.34. The first kappa shape index (κ1) is 8.77. The minimum Gasteiger partial charge on any atom is -1.00 e. The van der Waals surface area contributed by atoms with Gasteiger partial charge in [-0.05, 0) is 23.9 Å². The molecule has 0 fully saturated rings. The summed E-state index contributed by atoms with van der Waals surface area (Å²) in [6.07, 6.45) is 9.90. The van der Waals surface area contributed by atoms with Gasteiger partial charge < -0.3 is 17.0 Å². The van der Waals surface area contributed by atoms with Gasteiger partial charge in [-0.25, -0.2) is 4.90 Å². The van der Waals surface area contributed by atoms with E-state index >= 15 is 0 Å². The summed E-state index contributed by atoms with van der Waals surface area (Å²) in [5.74, 6) is 0. The molecule has 1 N–H and O–H groups in total. The van der Waals surface area contributed by atoms with Gasteiger partial charge in [-0.2, -0.15) is 4.99 Å². The van der Waals surface area contributed by atoms with Crippen LogP contribution in [-0.2, 0) is 0 Å². The second-order valence-electron chi connectivity index (χ2n) is 2.01. The summed E-state index contributed by atoms with van der Waals surface area (Å²) in [4.78, 5) is 5.44. The van der Waals surface area contributed by atoms with E-state index in [9.17, 15) is 0 Å². The van der Waals surface area contributed by atoms with Gasteiger partial charge in [0.05, 0.1) is 0 Å². The monoisotopic (exact) mass is 230 g/mol. The molecule has 2 rings (SSSR count). The fraction of sp³-hybridized carbons (Fsp3) is 0. The van der Waals surface area contributed by atoms with E-state index in [-0.39, 0.29) is 17.0 Å². The van der Waals surface area contributed by atoms with E-state index in [2.05, 4.69) is 22.8 Å². The molecule has 0 saturated carbocycles. The largest absolute Gasteiger partial charge is 1.00 e. The Hall–Kier alpha value is -0.320. The lowest BCUT2D eigenvalue weighted by Crippen LogP contribution is -3.03. The number of halogens is 1. The van der Waals surface area contributed by atoms with E-state index in [1.807, 2.05) is 18.4 Å². The third kappa shape index (κ3) is 1.83. The van der Waals surface area contributed by atoms with Gasteiger partial charge in [0.2, 0.25) is 0 Å². The van der Waals surface area contributed by atoms with E-state index in [0.717, 1.165) is 5.17 Å². The molecule has 1 atom stereocenters. The maximum absolute atomic E-state index is 4.22. The number of rotatable bonds is 0. The van der Waals surface area contributed by atoms with Crippen LogP contribution in [0.3, 0.4) is 0 Å². The van der Waals surface area contributed by atoms with Crippen LogP contribution in [0.4, 0.5) is 0 Å². The molecule has 0 spiro atoms. The molecule has 2 nitrogen and oxygen atoms in total. The lowest BCUT2D eigenvalue weighted by atomic mass is 10.6. The SMILES string of the molecule is C1=CN=C2SC=C[NH+]2C=C1.[Br-]. The van der Waals surface area contributed by atoms with E-state index in [1.54, 1.807) is 11.8 Å². The first-order chi connectivity index (χ1) is 4.97. The van der Waals surface area contributed by atoms with Crippen LogP contribution < -0.4 is 21.9 Å². The third-order valence-corrected chi connectivity index (χ3v) is 2.18. The van der Waals surface area contributed by atoms with E-state index in [0.29, 0.717) is 0 Å². The van der Waals surface area contributed by atoms with Crippen molar-refractivity contribution in [2.75, 3.05) is 0 Å². The first-order valence-corrected chi connectivity index (χ1v) is 3.96. The van der Waals surface area contributed by atoms with E-state index in [4.69, 9.17) is 0 Å². The molecule has 0 aromatic carbocycles. The Bertz CT molecular complexity index is 255. The molecule has 0 aromatic heterocycles. The number of thioether (sulfide) groups is 1. The lowest BCUT2D eigenvalue weighted by Gasteiger charge is -1.98. The molecule has 0 saturated heterocycles. The van der Waals surface area contributed by atoms with Crippen molar-refractivity contribution in [2.24, 2.45) is 4.99 Å². The number of hydrogen-bond acceptors (Lipinski definition) is 2. The van der Waals surface area contributed by atoms with Crippen LogP contribution in [-0.4, -0.2) is 5.17 Å². The normalized spacial score (nSPS) is 25.5. The molecule has 2 heterocycles. The summed E-state index contributed by atoms with van der Waals surface area (Å²) >= 11 is 1.67. The highest BCUT2D eigenvalue weighted by Gasteiger charge is 2.17. The lowest BCUT2D eigenvalue weighted by molar-refractivity contribution is -0.675. The molecule has 11 heavy (non-hydrogen) atoms. The Morgan fingerprint density at radius 3 is 3.09 bits per heavy atom. The van der Waals surface area contributed by atoms with Crippen LogP contribution in [0.15, 0.2) is 41.2 Å². The van der Waals surface area contributed by atoms with Gasteiger partial charge in [0, 0.05) is 11.6 Å². The highest BCUT2D eigenvalue weighted by Crippen LogP contribution is 2.06. The van der Waals surface area contributed by atoms with Gasteiger partial charge in [0.1, 0.15) is 12.4 Å². The van der Waals surface area contributed by atoms with Crippen LogP contribution in [0.5, 0.6) is 0 Å². The minimum absolute atomic E-state index is 0. The van der Waals surface area contributed by atoms with Crippen molar-refractivity contribution in [3.8, 4) is 0 Å². The smallest absolute Gasteiger partial charge is 0.275 e. The quantitative estimate of drug-likeness (QED) is 0.487. The number of aliphatic imine (C=N–C) groups is 1. The van der Waals surface area contributed by atoms with Crippen molar-refractivity contribution in [2.45, 2.75) is 0 Å². The molecule has 0 radical (unpaired) electrons. The number of allylic oxidation sites excluding steroid dienone is 2. The topological polar surface area (TPSA) is 16.8 Å². The number of quaternary nitrogens is 1. The summed E-state index contributed by atoms with van der Waals surface area (Å²) < 4.78 is 0.